The highest BCUT2D eigenvalue weighted by molar-refractivity contribution is 6.01. The van der Waals surface area contributed by atoms with Crippen LogP contribution in [0.15, 0.2) is 23.8 Å². The zero-order valence-electron chi connectivity index (χ0n) is 19.3. The summed E-state index contributed by atoms with van der Waals surface area (Å²) in [4.78, 5) is 47.9. The van der Waals surface area contributed by atoms with Gasteiger partial charge < -0.3 is 25.5 Å². The van der Waals surface area contributed by atoms with Gasteiger partial charge >= 0.3 is 11.9 Å². The molecule has 0 aromatic carbocycles. The lowest BCUT2D eigenvalue weighted by molar-refractivity contribution is -0.186. The van der Waals surface area contributed by atoms with E-state index in [1.165, 1.54) is 6.08 Å². The van der Waals surface area contributed by atoms with Crippen molar-refractivity contribution < 1.29 is 44.7 Å². The van der Waals surface area contributed by atoms with Crippen LogP contribution in [0.2, 0.25) is 0 Å². The minimum absolute atomic E-state index is 0.00680. The Hall–Kier alpha value is -2.36. The highest BCUT2D eigenvalue weighted by Crippen LogP contribution is 2.67. The number of carbonyl (C=O) groups excluding carboxylic acids is 2. The Bertz CT molecular complexity index is 998. The lowest BCUT2D eigenvalue weighted by Gasteiger charge is -2.59. The second kappa shape index (κ2) is 8.10. The summed E-state index contributed by atoms with van der Waals surface area (Å²) in [6.45, 7) is 3.71. The molecule has 9 heteroatoms. The van der Waals surface area contributed by atoms with Gasteiger partial charge in [0.15, 0.2) is 11.6 Å². The largest absolute Gasteiger partial charge is 0.481 e. The Morgan fingerprint density at radius 1 is 1.18 bits per heavy atom. The normalized spacial score (nSPS) is 42.6. The van der Waals surface area contributed by atoms with Crippen molar-refractivity contribution in [2.24, 2.45) is 34.5 Å². The van der Waals surface area contributed by atoms with Crippen LogP contribution in [0.3, 0.4) is 0 Å². The van der Waals surface area contributed by atoms with Crippen molar-refractivity contribution in [3.8, 4) is 0 Å². The molecule has 0 spiro atoms. The molecule has 3 unspecified atom stereocenters. The molecule has 34 heavy (non-hydrogen) atoms. The SMILES string of the molecule is C[C@]12C=CC(=O)C=C1CC[C@@H]1[C@@H]2C(O)C[C@@]2(C)[C@H]1CC[C@]2(O)C(=O)C(O)C(CC(=O)O)C(=O)O. The van der Waals surface area contributed by atoms with E-state index in [1.807, 2.05) is 13.0 Å². The van der Waals surface area contributed by atoms with E-state index in [9.17, 15) is 39.6 Å². The van der Waals surface area contributed by atoms with Crippen LogP contribution >= 0.6 is 0 Å². The molecule has 5 N–H and O–H groups in total. The van der Waals surface area contributed by atoms with Crippen molar-refractivity contribution >= 4 is 23.5 Å². The third-order valence-electron chi connectivity index (χ3n) is 9.42. The Balaban J connectivity index is 1.66. The molecule has 3 saturated carbocycles. The summed E-state index contributed by atoms with van der Waals surface area (Å²) < 4.78 is 0. The van der Waals surface area contributed by atoms with Gasteiger partial charge in [-0.3, -0.25) is 19.2 Å². The maximum atomic E-state index is 13.4. The molecule has 0 heterocycles. The van der Waals surface area contributed by atoms with Crippen LogP contribution in [-0.2, 0) is 19.2 Å². The molecular formula is C25H32O9. The number of carbonyl (C=O) groups is 4. The maximum Gasteiger partial charge on any atom is 0.310 e. The molecule has 0 bridgehead atoms. The fourth-order valence-electron chi connectivity index (χ4n) is 7.68. The lowest BCUT2D eigenvalue weighted by atomic mass is 9.46. The van der Waals surface area contributed by atoms with Crippen LogP contribution in [0.4, 0.5) is 0 Å². The maximum absolute atomic E-state index is 13.4. The van der Waals surface area contributed by atoms with Crippen molar-refractivity contribution in [2.75, 3.05) is 0 Å². The van der Waals surface area contributed by atoms with Gasteiger partial charge in [-0.2, -0.15) is 0 Å². The van der Waals surface area contributed by atoms with Crippen molar-refractivity contribution in [3.05, 3.63) is 23.8 Å². The number of aliphatic hydroxyl groups is 3. The number of carboxylic acids is 2. The van der Waals surface area contributed by atoms with E-state index in [0.717, 1.165) is 5.57 Å². The molecule has 9 nitrogen and oxygen atoms in total. The molecule has 4 aliphatic rings. The van der Waals surface area contributed by atoms with Gasteiger partial charge in [0.05, 0.1) is 12.5 Å². The number of carboxylic acid groups (broad SMARTS) is 2. The number of hydrogen-bond acceptors (Lipinski definition) is 7. The van der Waals surface area contributed by atoms with E-state index in [2.05, 4.69) is 0 Å². The highest BCUT2D eigenvalue weighted by Gasteiger charge is 2.69. The fraction of sp³-hybridized carbons (Fsp3) is 0.680. The molecule has 186 valence electrons. The molecule has 9 atom stereocenters. The third-order valence-corrected chi connectivity index (χ3v) is 9.42. The van der Waals surface area contributed by atoms with Gasteiger partial charge in [0.2, 0.25) is 0 Å². The monoisotopic (exact) mass is 476 g/mol. The summed E-state index contributed by atoms with van der Waals surface area (Å²) in [6.07, 6.45) is 2.81. The summed E-state index contributed by atoms with van der Waals surface area (Å²) in [5, 5.41) is 52.0. The van der Waals surface area contributed by atoms with Crippen LogP contribution in [-0.4, -0.2) is 66.8 Å². The van der Waals surface area contributed by atoms with Crippen molar-refractivity contribution in [3.63, 3.8) is 0 Å². The van der Waals surface area contributed by atoms with E-state index in [1.54, 1.807) is 13.0 Å². The number of aliphatic carboxylic acids is 2. The summed E-state index contributed by atoms with van der Waals surface area (Å²) >= 11 is 0. The minimum atomic E-state index is -2.19. The second-order valence-corrected chi connectivity index (χ2v) is 11.0. The van der Waals surface area contributed by atoms with Gasteiger partial charge in [-0.15, -0.1) is 0 Å². The molecule has 3 fully saturated rings. The van der Waals surface area contributed by atoms with Gasteiger partial charge in [-0.05, 0) is 56.1 Å². The number of hydrogen-bond donors (Lipinski definition) is 5. The van der Waals surface area contributed by atoms with Crippen LogP contribution in [0.5, 0.6) is 0 Å². The molecule has 0 amide bonds. The smallest absolute Gasteiger partial charge is 0.310 e. The molecule has 4 rings (SSSR count). The van der Waals surface area contributed by atoms with Gasteiger partial charge in [-0.1, -0.05) is 25.5 Å². The highest BCUT2D eigenvalue weighted by atomic mass is 16.4. The standard InChI is InChI=1S/C25H32O9/c1-23-7-5-13(26)9-12(23)3-4-14-16-6-8-25(34,24(16,2)11-17(27)19(14)23)21(31)20(30)15(22(32)33)10-18(28)29/h5,7,9,14-17,19-20,27,30,34H,3-4,6,8,10-11H2,1-2H3,(H,28,29)(H,32,33)/t14-,15?,16-,17?,19+,20?,23-,24-,25-/m0/s1. The molecular weight excluding hydrogens is 444 g/mol. The fourth-order valence-corrected chi connectivity index (χ4v) is 7.68. The molecule has 0 radical (unpaired) electrons. The quantitative estimate of drug-likeness (QED) is 0.377. The van der Waals surface area contributed by atoms with E-state index in [0.29, 0.717) is 19.3 Å². The first-order chi connectivity index (χ1) is 15.8. The predicted octanol–water partition coefficient (Wildman–Crippen LogP) is 1.10. The number of allylic oxidation sites excluding steroid dienone is 4. The lowest BCUT2D eigenvalue weighted by Crippen LogP contribution is -2.63. The van der Waals surface area contributed by atoms with E-state index in [4.69, 9.17) is 5.11 Å². The first-order valence-electron chi connectivity index (χ1n) is 11.8. The average molecular weight is 477 g/mol. The van der Waals surface area contributed by atoms with Crippen LogP contribution in [0, 0.1) is 34.5 Å². The third kappa shape index (κ3) is 3.39. The first-order valence-corrected chi connectivity index (χ1v) is 11.8. The Kier molecular flexibility index (Phi) is 5.90. The van der Waals surface area contributed by atoms with E-state index >= 15 is 0 Å². The average Bonchev–Trinajstić information content (AvgIpc) is 3.02. The van der Waals surface area contributed by atoms with Crippen LogP contribution in [0.1, 0.15) is 52.4 Å². The number of fused-ring (bicyclic) bond motifs is 5. The molecule has 0 aromatic heterocycles. The van der Waals surface area contributed by atoms with Gasteiger partial charge in [0, 0.05) is 16.7 Å². The Morgan fingerprint density at radius 2 is 1.85 bits per heavy atom. The van der Waals surface area contributed by atoms with E-state index < -0.39 is 58.7 Å². The predicted molar refractivity (Wildman–Crippen MR) is 117 cm³/mol. The summed E-state index contributed by atoms with van der Waals surface area (Å²) in [7, 11) is 0. The molecule has 0 aromatic rings. The first kappa shape index (κ1) is 24.8. The number of ketones is 2. The van der Waals surface area contributed by atoms with Crippen molar-refractivity contribution in [2.45, 2.75) is 70.2 Å². The summed E-state index contributed by atoms with van der Waals surface area (Å²) in [5.74, 6) is -6.60. The van der Waals surface area contributed by atoms with Crippen molar-refractivity contribution in [1.82, 2.24) is 0 Å². The minimum Gasteiger partial charge on any atom is -0.481 e. The van der Waals surface area contributed by atoms with E-state index in [-0.39, 0.29) is 36.4 Å². The molecule has 4 aliphatic carbocycles. The number of Topliss-reactive ketones (excluding diaryl/α,β-unsaturated/α-hetero) is 1. The zero-order valence-corrected chi connectivity index (χ0v) is 19.3. The van der Waals surface area contributed by atoms with Gasteiger partial charge in [0.25, 0.3) is 0 Å². The van der Waals surface area contributed by atoms with Crippen LogP contribution in [0.25, 0.3) is 0 Å². The Labute approximate surface area is 197 Å². The van der Waals surface area contributed by atoms with Crippen molar-refractivity contribution in [1.29, 1.82) is 0 Å². The number of rotatable bonds is 6. The zero-order chi connectivity index (χ0) is 25.2. The summed E-state index contributed by atoms with van der Waals surface area (Å²) in [6, 6.07) is 0. The molecule has 0 saturated heterocycles. The van der Waals surface area contributed by atoms with Crippen LogP contribution < -0.4 is 0 Å². The molecule has 0 aliphatic heterocycles. The topological polar surface area (TPSA) is 169 Å². The van der Waals surface area contributed by atoms with Gasteiger partial charge in [-0.25, -0.2) is 0 Å². The number of aliphatic hydroxyl groups excluding tert-OH is 2. The Morgan fingerprint density at radius 3 is 2.47 bits per heavy atom. The summed E-state index contributed by atoms with van der Waals surface area (Å²) in [5.41, 5.74) is -2.76. The second-order valence-electron chi connectivity index (χ2n) is 11.0. The van der Waals surface area contributed by atoms with Gasteiger partial charge in [0.1, 0.15) is 17.6 Å².